The van der Waals surface area contributed by atoms with Crippen molar-refractivity contribution in [2.75, 3.05) is 0 Å². The lowest BCUT2D eigenvalue weighted by Crippen LogP contribution is -2.24. The maximum Gasteiger partial charge on any atom is 0.433 e. The molecule has 0 aliphatic heterocycles. The Morgan fingerprint density at radius 1 is 1.41 bits per heavy atom. The Kier molecular flexibility index (Phi) is 4.20. The average Bonchev–Trinajstić information content (AvgIpc) is 2.84. The lowest BCUT2D eigenvalue weighted by atomic mass is 10.0. The monoisotopic (exact) mass is 315 g/mol. The third kappa shape index (κ3) is 2.95. The molecule has 2 aromatic rings. The summed E-state index contributed by atoms with van der Waals surface area (Å²) in [6.07, 6.45) is -3.79. The van der Waals surface area contributed by atoms with Crippen LogP contribution in [0.4, 0.5) is 17.6 Å². The van der Waals surface area contributed by atoms with Crippen molar-refractivity contribution in [3.63, 3.8) is 0 Å². The van der Waals surface area contributed by atoms with Crippen molar-refractivity contribution in [1.29, 1.82) is 0 Å². The van der Waals surface area contributed by atoms with E-state index in [9.17, 15) is 22.4 Å². The van der Waals surface area contributed by atoms with Crippen molar-refractivity contribution in [3.8, 4) is 0 Å². The topological polar surface area (TPSA) is 60.9 Å². The summed E-state index contributed by atoms with van der Waals surface area (Å²) in [7, 11) is 0. The van der Waals surface area contributed by atoms with Crippen LogP contribution in [0.2, 0.25) is 0 Å². The number of hydrogen-bond donors (Lipinski definition) is 1. The molecule has 1 aromatic carbocycles. The summed E-state index contributed by atoms with van der Waals surface area (Å²) in [5, 5.41) is 3.65. The van der Waals surface area contributed by atoms with Crippen molar-refractivity contribution >= 4 is 5.91 Å². The van der Waals surface area contributed by atoms with Crippen LogP contribution in [0, 0.1) is 5.82 Å². The molecule has 0 spiro atoms. The van der Waals surface area contributed by atoms with Crippen LogP contribution in [0.1, 0.15) is 41.0 Å². The summed E-state index contributed by atoms with van der Waals surface area (Å²) in [4.78, 5) is 11.2. The fraction of sp³-hybridized carbons (Fsp3) is 0.286. The van der Waals surface area contributed by atoms with Gasteiger partial charge in [0.05, 0.1) is 17.8 Å². The first kappa shape index (κ1) is 16.0. The molecule has 1 amide bonds. The van der Waals surface area contributed by atoms with Gasteiger partial charge in [0, 0.05) is 0 Å². The molecule has 0 aliphatic carbocycles. The highest BCUT2D eigenvalue weighted by Gasteiger charge is 2.41. The van der Waals surface area contributed by atoms with Crippen LogP contribution in [0.3, 0.4) is 0 Å². The molecule has 0 saturated carbocycles. The second-order valence-electron chi connectivity index (χ2n) is 4.69. The number of hydrogen-bond acceptors (Lipinski definition) is 2. The number of nitrogens with zero attached hydrogens (tertiary/aromatic N) is 2. The summed E-state index contributed by atoms with van der Waals surface area (Å²) in [6, 6.07) is 4.38. The minimum atomic E-state index is -4.80. The summed E-state index contributed by atoms with van der Waals surface area (Å²) < 4.78 is 53.8. The van der Waals surface area contributed by atoms with E-state index in [1.165, 1.54) is 18.2 Å². The van der Waals surface area contributed by atoms with Crippen LogP contribution in [0.25, 0.3) is 0 Å². The molecule has 0 fully saturated rings. The highest BCUT2D eigenvalue weighted by atomic mass is 19.4. The van der Waals surface area contributed by atoms with Gasteiger partial charge in [0.25, 0.3) is 5.91 Å². The maximum atomic E-state index is 13.3. The molecule has 0 bridgehead atoms. The van der Waals surface area contributed by atoms with Gasteiger partial charge in [0.15, 0.2) is 5.69 Å². The van der Waals surface area contributed by atoms with Gasteiger partial charge in [-0.25, -0.2) is 4.39 Å². The van der Waals surface area contributed by atoms with Gasteiger partial charge in [-0.05, 0) is 24.1 Å². The molecule has 0 radical (unpaired) electrons. The van der Waals surface area contributed by atoms with E-state index in [1.807, 2.05) is 0 Å². The number of nitrogens with two attached hydrogens (primary N) is 1. The van der Waals surface area contributed by atoms with Gasteiger partial charge in [0.2, 0.25) is 0 Å². The second kappa shape index (κ2) is 5.78. The quantitative estimate of drug-likeness (QED) is 0.881. The van der Waals surface area contributed by atoms with Crippen molar-refractivity contribution in [2.45, 2.75) is 25.6 Å². The smallest absolute Gasteiger partial charge is 0.365 e. The molecule has 2 rings (SSSR count). The fourth-order valence-corrected chi connectivity index (χ4v) is 2.33. The molecule has 2 N–H and O–H groups in total. The minimum Gasteiger partial charge on any atom is -0.365 e. The van der Waals surface area contributed by atoms with Crippen LogP contribution in [-0.2, 0) is 6.18 Å². The van der Waals surface area contributed by atoms with E-state index in [0.717, 1.165) is 12.3 Å². The van der Waals surface area contributed by atoms with E-state index >= 15 is 0 Å². The molecule has 22 heavy (non-hydrogen) atoms. The van der Waals surface area contributed by atoms with E-state index in [-0.39, 0.29) is 6.42 Å². The van der Waals surface area contributed by atoms with Gasteiger partial charge in [0.1, 0.15) is 5.82 Å². The van der Waals surface area contributed by atoms with Crippen molar-refractivity contribution < 1.29 is 22.4 Å². The SMILES string of the molecule is CCC(c1cccc(F)c1)n1ncc(C(N)=O)c1C(F)(F)F. The van der Waals surface area contributed by atoms with Crippen LogP contribution >= 0.6 is 0 Å². The highest BCUT2D eigenvalue weighted by molar-refractivity contribution is 5.93. The Morgan fingerprint density at radius 3 is 2.59 bits per heavy atom. The number of benzene rings is 1. The number of alkyl halides is 3. The minimum absolute atomic E-state index is 0.229. The van der Waals surface area contributed by atoms with Crippen molar-refractivity contribution in [2.24, 2.45) is 5.73 Å². The van der Waals surface area contributed by atoms with E-state index in [0.29, 0.717) is 10.2 Å². The summed E-state index contributed by atoms with van der Waals surface area (Å²) in [5.74, 6) is -1.78. The number of rotatable bonds is 4. The summed E-state index contributed by atoms with van der Waals surface area (Å²) in [5.41, 5.74) is 3.37. The lowest BCUT2D eigenvalue weighted by molar-refractivity contribution is -0.145. The Hall–Kier alpha value is -2.38. The first-order chi connectivity index (χ1) is 10.3. The third-order valence-electron chi connectivity index (χ3n) is 3.24. The molecule has 1 unspecified atom stereocenters. The zero-order valence-electron chi connectivity index (χ0n) is 11.6. The molecule has 4 nitrogen and oxygen atoms in total. The molecule has 8 heteroatoms. The maximum absolute atomic E-state index is 13.3. The first-order valence-corrected chi connectivity index (χ1v) is 6.45. The molecule has 0 aliphatic rings. The normalized spacial score (nSPS) is 13.1. The second-order valence-corrected chi connectivity index (χ2v) is 4.69. The van der Waals surface area contributed by atoms with Gasteiger partial charge in [-0.15, -0.1) is 0 Å². The highest BCUT2D eigenvalue weighted by Crippen LogP contribution is 2.35. The average molecular weight is 315 g/mol. The number of carbonyl (C=O) groups excluding carboxylic acids is 1. The zero-order valence-corrected chi connectivity index (χ0v) is 11.6. The predicted octanol–water partition coefficient (Wildman–Crippen LogP) is 3.14. The number of carbonyl (C=O) groups is 1. The number of halogens is 4. The Morgan fingerprint density at radius 2 is 2.09 bits per heavy atom. The molecule has 118 valence electrons. The standard InChI is InChI=1S/C14H13F4N3O/c1-2-11(8-4-3-5-9(15)6-8)21-12(14(16,17)18)10(7-20-21)13(19)22/h3-7,11H,2H2,1H3,(H2,19,22). The van der Waals surface area contributed by atoms with Crippen molar-refractivity contribution in [1.82, 2.24) is 9.78 Å². The molecule has 1 heterocycles. The number of aromatic nitrogens is 2. The fourth-order valence-electron chi connectivity index (χ4n) is 2.33. The zero-order chi connectivity index (χ0) is 16.5. The van der Waals surface area contributed by atoms with Crippen molar-refractivity contribution in [3.05, 3.63) is 53.1 Å². The van der Waals surface area contributed by atoms with E-state index in [4.69, 9.17) is 5.73 Å². The number of amides is 1. The molecular formula is C14H13F4N3O. The molecule has 0 saturated heterocycles. The van der Waals surface area contributed by atoms with Crippen LogP contribution in [0.5, 0.6) is 0 Å². The van der Waals surface area contributed by atoms with Crippen LogP contribution in [-0.4, -0.2) is 15.7 Å². The Labute approximate surface area is 123 Å². The lowest BCUT2D eigenvalue weighted by Gasteiger charge is -2.20. The van der Waals surface area contributed by atoms with Crippen LogP contribution < -0.4 is 5.73 Å². The molecular weight excluding hydrogens is 302 g/mol. The molecule has 1 aromatic heterocycles. The summed E-state index contributed by atoms with van der Waals surface area (Å²) >= 11 is 0. The van der Waals surface area contributed by atoms with Gasteiger partial charge >= 0.3 is 6.18 Å². The van der Waals surface area contributed by atoms with E-state index in [2.05, 4.69) is 5.10 Å². The Balaban J connectivity index is 2.62. The Bertz CT molecular complexity index is 694. The molecule has 1 atom stereocenters. The van der Waals surface area contributed by atoms with E-state index < -0.39 is 35.2 Å². The largest absolute Gasteiger partial charge is 0.433 e. The van der Waals surface area contributed by atoms with Gasteiger partial charge in [-0.1, -0.05) is 19.1 Å². The van der Waals surface area contributed by atoms with Gasteiger partial charge in [-0.2, -0.15) is 18.3 Å². The third-order valence-corrected chi connectivity index (χ3v) is 3.24. The predicted molar refractivity (Wildman–Crippen MR) is 70.6 cm³/mol. The number of primary amides is 1. The van der Waals surface area contributed by atoms with Gasteiger partial charge in [-0.3, -0.25) is 9.48 Å². The van der Waals surface area contributed by atoms with Gasteiger partial charge < -0.3 is 5.73 Å². The van der Waals surface area contributed by atoms with Crippen LogP contribution in [0.15, 0.2) is 30.5 Å². The first-order valence-electron chi connectivity index (χ1n) is 6.45. The van der Waals surface area contributed by atoms with E-state index in [1.54, 1.807) is 6.92 Å². The summed E-state index contributed by atoms with van der Waals surface area (Å²) in [6.45, 7) is 1.64.